The summed E-state index contributed by atoms with van der Waals surface area (Å²) in [6, 6.07) is 9.43. The summed E-state index contributed by atoms with van der Waals surface area (Å²) >= 11 is 0. The van der Waals surface area contributed by atoms with E-state index in [0.717, 1.165) is 40.1 Å². The number of benzene rings is 1. The van der Waals surface area contributed by atoms with E-state index in [9.17, 15) is 9.59 Å². The van der Waals surface area contributed by atoms with Gasteiger partial charge < -0.3 is 10.6 Å². The Labute approximate surface area is 196 Å². The zero-order valence-electron chi connectivity index (χ0n) is 20.7. The zero-order valence-corrected chi connectivity index (χ0v) is 20.7. The number of anilines is 1. The molecule has 0 aliphatic carbocycles. The lowest BCUT2D eigenvalue weighted by atomic mass is 10.0. The second-order valence-electron chi connectivity index (χ2n) is 9.80. The van der Waals surface area contributed by atoms with Crippen LogP contribution in [0.1, 0.15) is 87.6 Å². The molecule has 7 heteroatoms. The number of aromatic nitrogens is 3. The Balaban J connectivity index is 1.90. The first kappa shape index (κ1) is 24.4. The summed E-state index contributed by atoms with van der Waals surface area (Å²) in [4.78, 5) is 30.1. The summed E-state index contributed by atoms with van der Waals surface area (Å²) in [6.07, 6.45) is 1.28. The number of nitrogens with one attached hydrogen (secondary N) is 2. The minimum atomic E-state index is -0.258. The molecule has 0 saturated heterocycles. The zero-order chi connectivity index (χ0) is 24.3. The maximum Gasteiger partial charge on any atom is 0.252 e. The number of carbonyl (C=O) groups excluding carboxylic acids is 2. The van der Waals surface area contributed by atoms with Crippen LogP contribution in [-0.2, 0) is 16.9 Å². The number of nitrogens with zero attached hydrogens (tertiary/aromatic N) is 3. The number of pyridine rings is 1. The van der Waals surface area contributed by atoms with E-state index < -0.39 is 0 Å². The van der Waals surface area contributed by atoms with Gasteiger partial charge in [-0.3, -0.25) is 9.59 Å². The predicted molar refractivity (Wildman–Crippen MR) is 132 cm³/mol. The predicted octanol–water partition coefficient (Wildman–Crippen LogP) is 5.29. The average molecular weight is 450 g/mol. The molecule has 1 aromatic carbocycles. The summed E-state index contributed by atoms with van der Waals surface area (Å²) in [5.41, 5.74) is 4.35. The molecule has 33 heavy (non-hydrogen) atoms. The summed E-state index contributed by atoms with van der Waals surface area (Å²) in [5.74, 6) is -0.000294. The van der Waals surface area contributed by atoms with Gasteiger partial charge in [-0.05, 0) is 63.8 Å². The van der Waals surface area contributed by atoms with Crippen molar-refractivity contribution in [1.29, 1.82) is 0 Å². The fourth-order valence-electron chi connectivity index (χ4n) is 3.74. The van der Waals surface area contributed by atoms with Crippen molar-refractivity contribution in [1.82, 2.24) is 20.1 Å². The van der Waals surface area contributed by atoms with Crippen LogP contribution in [0, 0.1) is 6.92 Å². The van der Waals surface area contributed by atoms with Crippen molar-refractivity contribution >= 4 is 28.5 Å². The Hall–Kier alpha value is -3.22. The minimum Gasteiger partial charge on any atom is -0.348 e. The number of rotatable bonds is 7. The number of aryl methyl sites for hydroxylation is 1. The fourth-order valence-corrected chi connectivity index (χ4v) is 3.74. The topological polar surface area (TPSA) is 88.9 Å². The first-order chi connectivity index (χ1) is 15.5. The Morgan fingerprint density at radius 2 is 1.88 bits per heavy atom. The molecule has 0 fully saturated rings. The van der Waals surface area contributed by atoms with E-state index in [1.807, 2.05) is 48.9 Å². The number of amides is 2. The highest BCUT2D eigenvalue weighted by Crippen LogP contribution is 2.29. The molecule has 176 valence electrons. The highest BCUT2D eigenvalue weighted by atomic mass is 16.2. The Morgan fingerprint density at radius 1 is 1.15 bits per heavy atom. The van der Waals surface area contributed by atoms with Crippen LogP contribution in [0.15, 0.2) is 30.3 Å². The summed E-state index contributed by atoms with van der Waals surface area (Å²) in [7, 11) is 0. The van der Waals surface area contributed by atoms with Gasteiger partial charge in [-0.1, -0.05) is 32.9 Å². The highest BCUT2D eigenvalue weighted by molar-refractivity contribution is 6.06. The average Bonchev–Trinajstić information content (AvgIpc) is 3.09. The van der Waals surface area contributed by atoms with Gasteiger partial charge in [-0.15, -0.1) is 0 Å². The molecule has 2 aromatic heterocycles. The molecule has 2 heterocycles. The smallest absolute Gasteiger partial charge is 0.252 e. The maximum atomic E-state index is 13.3. The van der Waals surface area contributed by atoms with Gasteiger partial charge in [0.2, 0.25) is 5.91 Å². The monoisotopic (exact) mass is 449 g/mol. The summed E-state index contributed by atoms with van der Waals surface area (Å²) < 4.78 is 1.91. The van der Waals surface area contributed by atoms with E-state index in [1.54, 1.807) is 0 Å². The lowest BCUT2D eigenvalue weighted by Crippen LogP contribution is -2.25. The number of hydrogen-bond donors (Lipinski definition) is 2. The fraction of sp³-hybridized carbons (Fsp3) is 0.462. The third kappa shape index (κ3) is 5.59. The molecule has 7 nitrogen and oxygen atoms in total. The van der Waals surface area contributed by atoms with E-state index >= 15 is 0 Å². The molecule has 3 rings (SSSR count). The number of carbonyl (C=O) groups is 2. The van der Waals surface area contributed by atoms with E-state index in [4.69, 9.17) is 10.1 Å². The van der Waals surface area contributed by atoms with Gasteiger partial charge in [-0.2, -0.15) is 5.10 Å². The van der Waals surface area contributed by atoms with Crippen LogP contribution in [-0.4, -0.2) is 26.6 Å². The third-order valence-electron chi connectivity index (χ3n) is 5.45. The Bertz CT molecular complexity index is 1170. The highest BCUT2D eigenvalue weighted by Gasteiger charge is 2.25. The van der Waals surface area contributed by atoms with Crippen molar-refractivity contribution in [3.8, 4) is 0 Å². The molecule has 3 aromatic rings. The molecular formula is C26H35N5O2. The molecule has 0 aliphatic rings. The lowest BCUT2D eigenvalue weighted by molar-refractivity contribution is -0.116. The van der Waals surface area contributed by atoms with E-state index in [1.165, 1.54) is 0 Å². The van der Waals surface area contributed by atoms with Gasteiger partial charge >= 0.3 is 0 Å². The Kier molecular flexibility index (Phi) is 7.20. The van der Waals surface area contributed by atoms with Crippen LogP contribution >= 0.6 is 0 Å². The van der Waals surface area contributed by atoms with Gasteiger partial charge in [0.05, 0.1) is 22.2 Å². The molecule has 2 amide bonds. The normalized spacial score (nSPS) is 11.8. The SMILES string of the molecule is CCCC(=O)Nc1cccc(CNC(=O)c2cc(C(C)C)nc3c2c(C)nn3C(C)(C)C)c1. The van der Waals surface area contributed by atoms with Gasteiger partial charge in [0.25, 0.3) is 5.91 Å². The van der Waals surface area contributed by atoms with Crippen LogP contribution in [0.2, 0.25) is 0 Å². The van der Waals surface area contributed by atoms with Crippen molar-refractivity contribution in [3.63, 3.8) is 0 Å². The van der Waals surface area contributed by atoms with Gasteiger partial charge in [0, 0.05) is 24.3 Å². The second-order valence-corrected chi connectivity index (χ2v) is 9.80. The molecule has 0 atom stereocenters. The standard InChI is InChI=1S/C26H35N5O2/c1-8-10-22(32)28-19-12-9-11-18(13-19)15-27-25(33)20-14-21(16(2)3)29-24-23(20)17(4)30-31(24)26(5,6)7/h9,11-14,16H,8,10,15H2,1-7H3,(H,27,33)(H,28,32). The first-order valence-corrected chi connectivity index (χ1v) is 11.6. The first-order valence-electron chi connectivity index (χ1n) is 11.6. The maximum absolute atomic E-state index is 13.3. The van der Waals surface area contributed by atoms with E-state index in [2.05, 4.69) is 45.3 Å². The molecular weight excluding hydrogens is 414 g/mol. The summed E-state index contributed by atoms with van der Waals surface area (Å²) in [5, 5.41) is 11.4. The van der Waals surface area contributed by atoms with Gasteiger partial charge in [0.1, 0.15) is 0 Å². The van der Waals surface area contributed by atoms with Crippen molar-refractivity contribution in [2.24, 2.45) is 0 Å². The molecule has 0 radical (unpaired) electrons. The van der Waals surface area contributed by atoms with Gasteiger partial charge in [0.15, 0.2) is 5.65 Å². The Morgan fingerprint density at radius 3 is 2.52 bits per heavy atom. The van der Waals surface area contributed by atoms with Crippen LogP contribution in [0.3, 0.4) is 0 Å². The molecule has 0 spiro atoms. The third-order valence-corrected chi connectivity index (χ3v) is 5.45. The minimum absolute atomic E-state index is 0.00888. The second kappa shape index (κ2) is 9.73. The molecule has 0 aliphatic heterocycles. The number of fused-ring (bicyclic) bond motifs is 1. The van der Waals surface area contributed by atoms with Crippen molar-refractivity contribution in [2.45, 2.75) is 79.3 Å². The van der Waals surface area contributed by atoms with Crippen LogP contribution in [0.4, 0.5) is 5.69 Å². The van der Waals surface area contributed by atoms with Crippen LogP contribution < -0.4 is 10.6 Å². The van der Waals surface area contributed by atoms with Crippen molar-refractivity contribution < 1.29 is 9.59 Å². The van der Waals surface area contributed by atoms with Crippen LogP contribution in [0.5, 0.6) is 0 Å². The molecule has 0 bridgehead atoms. The largest absolute Gasteiger partial charge is 0.348 e. The van der Waals surface area contributed by atoms with E-state index in [0.29, 0.717) is 18.5 Å². The van der Waals surface area contributed by atoms with E-state index in [-0.39, 0.29) is 23.3 Å². The lowest BCUT2D eigenvalue weighted by Gasteiger charge is -2.20. The van der Waals surface area contributed by atoms with Crippen LogP contribution in [0.25, 0.3) is 11.0 Å². The molecule has 2 N–H and O–H groups in total. The summed E-state index contributed by atoms with van der Waals surface area (Å²) in [6.45, 7) is 14.6. The quantitative estimate of drug-likeness (QED) is 0.513. The van der Waals surface area contributed by atoms with Crippen molar-refractivity contribution in [3.05, 3.63) is 52.8 Å². The number of hydrogen-bond acceptors (Lipinski definition) is 4. The molecule has 0 saturated carbocycles. The van der Waals surface area contributed by atoms with Crippen molar-refractivity contribution in [2.75, 3.05) is 5.32 Å². The van der Waals surface area contributed by atoms with Gasteiger partial charge in [-0.25, -0.2) is 9.67 Å². The molecule has 0 unspecified atom stereocenters.